The van der Waals surface area contributed by atoms with Crippen molar-refractivity contribution in [1.29, 1.82) is 0 Å². The Hall–Kier alpha value is -0.760. The van der Waals surface area contributed by atoms with Crippen molar-refractivity contribution < 1.29 is 0 Å². The molecule has 0 amide bonds. The molecule has 0 atom stereocenters. The number of pyridine rings is 1. The first-order chi connectivity index (χ1) is 5.52. The molecule has 3 heteroatoms. The number of hydrogen-bond donors (Lipinski definition) is 0. The first-order valence-corrected chi connectivity index (χ1v) is 4.28. The third-order valence-corrected chi connectivity index (χ3v) is 1.96. The summed E-state index contributed by atoms with van der Waals surface area (Å²) in [6.45, 7) is 5.83. The van der Waals surface area contributed by atoms with Crippen molar-refractivity contribution >= 4 is 11.6 Å². The molecular formula is C9H12ClNO. The van der Waals surface area contributed by atoms with E-state index in [1.807, 2.05) is 27.0 Å². The molecule has 0 fully saturated rings. The highest BCUT2D eigenvalue weighted by atomic mass is 35.5. The molecule has 1 rings (SSSR count). The molecule has 0 spiro atoms. The topological polar surface area (TPSA) is 22.0 Å². The lowest BCUT2D eigenvalue weighted by atomic mass is 10.3. The van der Waals surface area contributed by atoms with E-state index >= 15 is 0 Å². The van der Waals surface area contributed by atoms with Gasteiger partial charge >= 0.3 is 0 Å². The molecular weight excluding hydrogens is 174 g/mol. The molecule has 66 valence electrons. The molecule has 0 N–H and O–H groups in total. The van der Waals surface area contributed by atoms with Gasteiger partial charge in [-0.3, -0.25) is 4.79 Å². The van der Waals surface area contributed by atoms with E-state index in [0.29, 0.717) is 5.02 Å². The Kier molecular flexibility index (Phi) is 2.58. The summed E-state index contributed by atoms with van der Waals surface area (Å²) < 4.78 is 1.64. The van der Waals surface area contributed by atoms with E-state index in [9.17, 15) is 4.79 Å². The van der Waals surface area contributed by atoms with Crippen LogP contribution in [-0.4, -0.2) is 4.57 Å². The van der Waals surface area contributed by atoms with Crippen LogP contribution in [0.2, 0.25) is 5.02 Å². The van der Waals surface area contributed by atoms with Crippen LogP contribution in [-0.2, 0) is 0 Å². The highest BCUT2D eigenvalue weighted by molar-refractivity contribution is 6.30. The predicted octanol–water partition coefficient (Wildman–Crippen LogP) is 2.39. The lowest BCUT2D eigenvalue weighted by Gasteiger charge is -2.10. The molecule has 12 heavy (non-hydrogen) atoms. The minimum absolute atomic E-state index is 0.114. The number of rotatable bonds is 1. The Morgan fingerprint density at radius 3 is 2.58 bits per heavy atom. The van der Waals surface area contributed by atoms with E-state index in [2.05, 4.69) is 0 Å². The molecule has 0 bridgehead atoms. The van der Waals surface area contributed by atoms with E-state index < -0.39 is 0 Å². The predicted molar refractivity (Wildman–Crippen MR) is 50.8 cm³/mol. The smallest absolute Gasteiger partial charge is 0.269 e. The van der Waals surface area contributed by atoms with Crippen molar-refractivity contribution in [3.63, 3.8) is 0 Å². The van der Waals surface area contributed by atoms with Crippen molar-refractivity contribution in [3.8, 4) is 0 Å². The van der Waals surface area contributed by atoms with Crippen LogP contribution in [0.4, 0.5) is 0 Å². The van der Waals surface area contributed by atoms with Crippen LogP contribution in [0.3, 0.4) is 0 Å². The van der Waals surface area contributed by atoms with Crippen molar-refractivity contribution in [2.45, 2.75) is 26.8 Å². The molecule has 0 aliphatic rings. The fraction of sp³-hybridized carbons (Fsp3) is 0.444. The Morgan fingerprint density at radius 1 is 1.50 bits per heavy atom. The summed E-state index contributed by atoms with van der Waals surface area (Å²) in [5.74, 6) is 0. The van der Waals surface area contributed by atoms with Crippen molar-refractivity contribution in [1.82, 2.24) is 4.57 Å². The third-order valence-electron chi connectivity index (χ3n) is 1.69. The fourth-order valence-electron chi connectivity index (χ4n) is 1.08. The van der Waals surface area contributed by atoms with Crippen LogP contribution in [0.1, 0.15) is 25.5 Å². The van der Waals surface area contributed by atoms with Gasteiger partial charge in [-0.15, -0.1) is 0 Å². The minimum Gasteiger partial charge on any atom is -0.311 e. The molecule has 1 heterocycles. The van der Waals surface area contributed by atoms with Crippen LogP contribution in [0.15, 0.2) is 17.1 Å². The second-order valence-corrected chi connectivity index (χ2v) is 3.58. The summed E-state index contributed by atoms with van der Waals surface area (Å²) in [6.07, 6.45) is 1.82. The maximum atomic E-state index is 11.4. The van der Waals surface area contributed by atoms with Gasteiger partial charge in [0.2, 0.25) is 0 Å². The summed E-state index contributed by atoms with van der Waals surface area (Å²) in [5, 5.41) is 0.295. The summed E-state index contributed by atoms with van der Waals surface area (Å²) in [7, 11) is 0. The number of nitrogens with zero attached hydrogens (tertiary/aromatic N) is 1. The van der Waals surface area contributed by atoms with E-state index in [-0.39, 0.29) is 11.6 Å². The maximum Gasteiger partial charge on any atom is 0.269 e. The van der Waals surface area contributed by atoms with E-state index in [0.717, 1.165) is 5.56 Å². The van der Waals surface area contributed by atoms with Crippen LogP contribution >= 0.6 is 11.6 Å². The molecule has 2 nitrogen and oxygen atoms in total. The van der Waals surface area contributed by atoms with E-state index in [1.54, 1.807) is 10.6 Å². The van der Waals surface area contributed by atoms with Crippen LogP contribution in [0.25, 0.3) is 0 Å². The zero-order valence-electron chi connectivity index (χ0n) is 7.47. The summed E-state index contributed by atoms with van der Waals surface area (Å²) >= 11 is 5.73. The first kappa shape index (κ1) is 9.33. The van der Waals surface area contributed by atoms with Gasteiger partial charge in [-0.25, -0.2) is 0 Å². The Balaban J connectivity index is 3.38. The highest BCUT2D eigenvalue weighted by Crippen LogP contribution is 2.08. The maximum absolute atomic E-state index is 11.4. The van der Waals surface area contributed by atoms with Gasteiger partial charge < -0.3 is 4.57 Å². The van der Waals surface area contributed by atoms with Gasteiger partial charge in [0.25, 0.3) is 5.56 Å². The zero-order valence-corrected chi connectivity index (χ0v) is 8.22. The Bertz CT molecular complexity index is 341. The molecule has 0 saturated carbocycles. The molecule has 0 aliphatic heterocycles. The molecule has 1 aromatic heterocycles. The largest absolute Gasteiger partial charge is 0.311 e. The third kappa shape index (κ3) is 1.69. The monoisotopic (exact) mass is 185 g/mol. The SMILES string of the molecule is Cc1cc(Cl)c(=O)n(C(C)C)c1. The van der Waals surface area contributed by atoms with E-state index in [1.165, 1.54) is 0 Å². The van der Waals surface area contributed by atoms with Gasteiger partial charge in [0.05, 0.1) is 0 Å². The first-order valence-electron chi connectivity index (χ1n) is 3.90. The Labute approximate surface area is 76.8 Å². The van der Waals surface area contributed by atoms with Crippen molar-refractivity contribution in [2.75, 3.05) is 0 Å². The van der Waals surface area contributed by atoms with Gasteiger partial charge in [-0.1, -0.05) is 11.6 Å². The molecule has 0 radical (unpaired) electrons. The lowest BCUT2D eigenvalue weighted by molar-refractivity contribution is 0.576. The van der Waals surface area contributed by atoms with Crippen LogP contribution in [0.5, 0.6) is 0 Å². The second-order valence-electron chi connectivity index (χ2n) is 3.17. The van der Waals surface area contributed by atoms with E-state index in [4.69, 9.17) is 11.6 Å². The normalized spacial score (nSPS) is 10.8. The van der Waals surface area contributed by atoms with Crippen LogP contribution < -0.4 is 5.56 Å². The number of hydrogen-bond acceptors (Lipinski definition) is 1. The van der Waals surface area contributed by atoms with Gasteiger partial charge in [-0.2, -0.15) is 0 Å². The van der Waals surface area contributed by atoms with Gasteiger partial charge in [0.1, 0.15) is 5.02 Å². The second kappa shape index (κ2) is 3.31. The zero-order chi connectivity index (χ0) is 9.30. The summed E-state index contributed by atoms with van der Waals surface area (Å²) in [6, 6.07) is 1.85. The summed E-state index contributed by atoms with van der Waals surface area (Å²) in [5.41, 5.74) is 0.894. The summed E-state index contributed by atoms with van der Waals surface area (Å²) in [4.78, 5) is 11.4. The van der Waals surface area contributed by atoms with Gasteiger partial charge in [0.15, 0.2) is 0 Å². The standard InChI is InChI=1S/C9H12ClNO/c1-6(2)11-5-7(3)4-8(10)9(11)12/h4-6H,1-3H3. The molecule has 0 saturated heterocycles. The lowest BCUT2D eigenvalue weighted by Crippen LogP contribution is -2.21. The number of halogens is 1. The van der Waals surface area contributed by atoms with Crippen LogP contribution in [0, 0.1) is 6.92 Å². The Morgan fingerprint density at radius 2 is 2.08 bits per heavy atom. The number of aryl methyl sites for hydroxylation is 1. The molecule has 0 aliphatic carbocycles. The van der Waals surface area contributed by atoms with Gasteiger partial charge in [0, 0.05) is 12.2 Å². The highest BCUT2D eigenvalue weighted by Gasteiger charge is 2.04. The average Bonchev–Trinajstić information content (AvgIpc) is 1.96. The molecule has 0 unspecified atom stereocenters. The molecule has 1 aromatic rings. The van der Waals surface area contributed by atoms with Gasteiger partial charge in [-0.05, 0) is 32.4 Å². The average molecular weight is 186 g/mol. The van der Waals surface area contributed by atoms with Crippen molar-refractivity contribution in [3.05, 3.63) is 33.2 Å². The van der Waals surface area contributed by atoms with Crippen molar-refractivity contribution in [2.24, 2.45) is 0 Å². The molecule has 0 aromatic carbocycles. The minimum atomic E-state index is -0.114. The quantitative estimate of drug-likeness (QED) is 0.659. The fourth-order valence-corrected chi connectivity index (χ4v) is 1.35. The number of aromatic nitrogens is 1.